The van der Waals surface area contributed by atoms with Gasteiger partial charge in [0.1, 0.15) is 5.82 Å². The third-order valence-corrected chi connectivity index (χ3v) is 4.63. The van der Waals surface area contributed by atoms with Gasteiger partial charge in [0.15, 0.2) is 5.16 Å². The van der Waals surface area contributed by atoms with Crippen molar-refractivity contribution < 1.29 is 9.18 Å². The monoisotopic (exact) mass is 358 g/mol. The number of rotatable bonds is 4. The summed E-state index contributed by atoms with van der Waals surface area (Å²) in [7, 11) is 1.60. The number of benzene rings is 2. The number of amides is 1. The van der Waals surface area contributed by atoms with Crippen LogP contribution in [0.2, 0.25) is 0 Å². The molecule has 128 valence electrons. The maximum Gasteiger partial charge on any atom is 0.280 e. The average molecular weight is 358 g/mol. The summed E-state index contributed by atoms with van der Waals surface area (Å²) in [5.41, 5.74) is 0.729. The zero-order valence-corrected chi connectivity index (χ0v) is 14.2. The highest BCUT2D eigenvalue weighted by Gasteiger charge is 2.15. The molecule has 3 rings (SSSR count). The average Bonchev–Trinajstić information content (AvgIpc) is 2.63. The van der Waals surface area contributed by atoms with Crippen molar-refractivity contribution in [2.75, 3.05) is 23.5 Å². The number of nitrogen functional groups attached to an aromatic ring is 1. The fraction of sp³-hybridized carbons (Fsp3) is 0.118. The van der Waals surface area contributed by atoms with Gasteiger partial charge in [-0.05, 0) is 36.4 Å². The molecule has 0 fully saturated rings. The second kappa shape index (κ2) is 6.94. The summed E-state index contributed by atoms with van der Waals surface area (Å²) in [5, 5.41) is 0.675. The van der Waals surface area contributed by atoms with Crippen molar-refractivity contribution in [3.63, 3.8) is 0 Å². The van der Waals surface area contributed by atoms with E-state index >= 15 is 0 Å². The van der Waals surface area contributed by atoms with Gasteiger partial charge in [-0.25, -0.2) is 14.1 Å². The van der Waals surface area contributed by atoms with Crippen LogP contribution in [0.3, 0.4) is 0 Å². The molecule has 0 radical (unpaired) electrons. The molecule has 8 heteroatoms. The minimum atomic E-state index is -0.369. The van der Waals surface area contributed by atoms with Crippen LogP contribution in [0.1, 0.15) is 0 Å². The summed E-state index contributed by atoms with van der Waals surface area (Å²) in [6.07, 6.45) is 0. The van der Waals surface area contributed by atoms with Crippen LogP contribution in [-0.4, -0.2) is 28.4 Å². The maximum absolute atomic E-state index is 13.0. The van der Waals surface area contributed by atoms with Gasteiger partial charge in [0.25, 0.3) is 5.56 Å². The number of nitrogens with two attached hydrogens (primary N) is 1. The number of para-hydroxylation sites is 1. The van der Waals surface area contributed by atoms with Gasteiger partial charge in [-0.2, -0.15) is 0 Å². The Balaban J connectivity index is 1.78. The molecule has 0 atom stereocenters. The molecule has 1 aromatic heterocycles. The summed E-state index contributed by atoms with van der Waals surface area (Å²) < 4.78 is 13.9. The van der Waals surface area contributed by atoms with Crippen molar-refractivity contribution in [3.8, 4) is 0 Å². The van der Waals surface area contributed by atoms with Crippen molar-refractivity contribution >= 4 is 34.3 Å². The molecule has 3 aromatic rings. The Labute approximate surface area is 147 Å². The van der Waals surface area contributed by atoms with E-state index in [1.54, 1.807) is 31.3 Å². The first-order chi connectivity index (χ1) is 12.0. The number of carbonyl (C=O) groups excluding carboxylic acids is 1. The van der Waals surface area contributed by atoms with Crippen molar-refractivity contribution in [2.24, 2.45) is 0 Å². The lowest BCUT2D eigenvalue weighted by Crippen LogP contribution is -2.31. The lowest BCUT2D eigenvalue weighted by atomic mass is 10.2. The summed E-state index contributed by atoms with van der Waals surface area (Å²) >= 11 is 1.07. The zero-order chi connectivity index (χ0) is 18.0. The van der Waals surface area contributed by atoms with E-state index in [-0.39, 0.29) is 28.2 Å². The van der Waals surface area contributed by atoms with Gasteiger partial charge in [0, 0.05) is 12.7 Å². The van der Waals surface area contributed by atoms with Gasteiger partial charge < -0.3 is 10.7 Å². The number of carbonyl (C=O) groups is 1. The number of hydrogen-bond donors (Lipinski definition) is 1. The quantitative estimate of drug-likeness (QED) is 0.438. The Kier molecular flexibility index (Phi) is 4.71. The van der Waals surface area contributed by atoms with Crippen LogP contribution in [-0.2, 0) is 4.79 Å². The van der Waals surface area contributed by atoms with Crippen molar-refractivity contribution in [3.05, 3.63) is 64.7 Å². The van der Waals surface area contributed by atoms with Gasteiger partial charge in [-0.3, -0.25) is 9.59 Å². The highest BCUT2D eigenvalue weighted by atomic mass is 32.2. The van der Waals surface area contributed by atoms with Gasteiger partial charge in [-0.15, -0.1) is 0 Å². The molecule has 2 N–H and O–H groups in total. The van der Waals surface area contributed by atoms with Crippen molar-refractivity contribution in [1.82, 2.24) is 9.66 Å². The SMILES string of the molecule is CN(C(=O)CSc1nc2ccccc2c(=O)n1N)c1ccc(F)cc1. The molecule has 0 bridgehead atoms. The summed E-state index contributed by atoms with van der Waals surface area (Å²) in [6.45, 7) is 0. The molecule has 0 spiro atoms. The standard InChI is InChI=1S/C17H15FN4O2S/c1-21(12-8-6-11(18)7-9-12)15(23)10-25-17-20-14-5-3-2-4-13(14)16(24)22(17)19/h2-9H,10,19H2,1H3. The Hall–Kier alpha value is -2.87. The van der Waals surface area contributed by atoms with E-state index in [9.17, 15) is 14.0 Å². The second-order valence-corrected chi connectivity index (χ2v) is 6.25. The lowest BCUT2D eigenvalue weighted by molar-refractivity contribution is -0.115. The summed E-state index contributed by atoms with van der Waals surface area (Å²) in [4.78, 5) is 30.3. The van der Waals surface area contributed by atoms with Crippen molar-refractivity contribution in [1.29, 1.82) is 0 Å². The predicted octanol–water partition coefficient (Wildman–Crippen LogP) is 2.00. The molecule has 0 aliphatic rings. The van der Waals surface area contributed by atoms with Gasteiger partial charge >= 0.3 is 0 Å². The van der Waals surface area contributed by atoms with Crippen LogP contribution in [0.5, 0.6) is 0 Å². The highest BCUT2D eigenvalue weighted by Crippen LogP contribution is 2.19. The summed E-state index contributed by atoms with van der Waals surface area (Å²) in [6, 6.07) is 12.5. The zero-order valence-electron chi connectivity index (χ0n) is 13.3. The molecular weight excluding hydrogens is 343 g/mol. The second-order valence-electron chi connectivity index (χ2n) is 5.30. The Morgan fingerprint density at radius 2 is 1.92 bits per heavy atom. The smallest absolute Gasteiger partial charge is 0.280 e. The molecule has 0 saturated heterocycles. The van der Waals surface area contributed by atoms with Crippen LogP contribution in [0.15, 0.2) is 58.5 Å². The lowest BCUT2D eigenvalue weighted by Gasteiger charge is -2.17. The normalized spacial score (nSPS) is 10.8. The summed E-state index contributed by atoms with van der Waals surface area (Å²) in [5.74, 6) is 5.24. The molecule has 1 amide bonds. The third-order valence-electron chi connectivity index (χ3n) is 3.69. The van der Waals surface area contributed by atoms with Crippen LogP contribution >= 0.6 is 11.8 Å². The number of hydrogen-bond acceptors (Lipinski definition) is 5. The number of thioether (sulfide) groups is 1. The molecule has 0 saturated carbocycles. The molecule has 2 aromatic carbocycles. The van der Waals surface area contributed by atoms with E-state index in [4.69, 9.17) is 5.84 Å². The number of anilines is 1. The molecule has 0 aliphatic carbocycles. The molecule has 0 unspecified atom stereocenters. The Morgan fingerprint density at radius 3 is 2.64 bits per heavy atom. The minimum Gasteiger partial charge on any atom is -0.334 e. The first-order valence-corrected chi connectivity index (χ1v) is 8.37. The van der Waals surface area contributed by atoms with Crippen LogP contribution in [0.25, 0.3) is 10.9 Å². The van der Waals surface area contributed by atoms with E-state index < -0.39 is 0 Å². The molecule has 0 aliphatic heterocycles. The van der Waals surface area contributed by atoms with Gasteiger partial charge in [-0.1, -0.05) is 23.9 Å². The molecule has 6 nitrogen and oxygen atoms in total. The fourth-order valence-electron chi connectivity index (χ4n) is 2.26. The van der Waals surface area contributed by atoms with E-state index in [0.29, 0.717) is 16.6 Å². The van der Waals surface area contributed by atoms with Gasteiger partial charge in [0.05, 0.1) is 16.7 Å². The van der Waals surface area contributed by atoms with Crippen LogP contribution in [0.4, 0.5) is 10.1 Å². The highest BCUT2D eigenvalue weighted by molar-refractivity contribution is 7.99. The molecule has 25 heavy (non-hydrogen) atoms. The van der Waals surface area contributed by atoms with Crippen molar-refractivity contribution in [2.45, 2.75) is 5.16 Å². The predicted molar refractivity (Wildman–Crippen MR) is 96.7 cm³/mol. The van der Waals surface area contributed by atoms with Crippen LogP contribution < -0.4 is 16.3 Å². The van der Waals surface area contributed by atoms with Gasteiger partial charge in [0.2, 0.25) is 5.91 Å². The molecular formula is C17H15FN4O2S. The number of fused-ring (bicyclic) bond motifs is 1. The van der Waals surface area contributed by atoms with E-state index in [0.717, 1.165) is 16.4 Å². The van der Waals surface area contributed by atoms with E-state index in [1.165, 1.54) is 29.2 Å². The van der Waals surface area contributed by atoms with E-state index in [2.05, 4.69) is 4.98 Å². The van der Waals surface area contributed by atoms with E-state index in [1.807, 2.05) is 0 Å². The Morgan fingerprint density at radius 1 is 1.24 bits per heavy atom. The number of aromatic nitrogens is 2. The fourth-order valence-corrected chi connectivity index (χ4v) is 3.09. The van der Waals surface area contributed by atoms with Crippen LogP contribution in [0, 0.1) is 5.82 Å². The molecule has 1 heterocycles. The third kappa shape index (κ3) is 3.48. The first kappa shape index (κ1) is 17.0. The number of nitrogens with zero attached hydrogens (tertiary/aromatic N) is 3. The first-order valence-electron chi connectivity index (χ1n) is 7.39. The minimum absolute atomic E-state index is 0.0376. The topological polar surface area (TPSA) is 81.2 Å². The Bertz CT molecular complexity index is 988. The maximum atomic E-state index is 13.0. The number of halogens is 1. The largest absolute Gasteiger partial charge is 0.334 e.